The fraction of sp³-hybridized carbons (Fsp3) is 0.500. The first-order valence-corrected chi connectivity index (χ1v) is 10.3. The van der Waals surface area contributed by atoms with Crippen molar-refractivity contribution in [3.05, 3.63) is 39.9 Å². The Morgan fingerprint density at radius 1 is 1.11 bits per heavy atom. The van der Waals surface area contributed by atoms with Crippen LogP contribution in [-0.4, -0.2) is 62.6 Å². The summed E-state index contributed by atoms with van der Waals surface area (Å²) in [5.41, 5.74) is 0.0670. The predicted molar refractivity (Wildman–Crippen MR) is 105 cm³/mol. The molecule has 1 amide bonds. The highest BCUT2D eigenvalue weighted by molar-refractivity contribution is 7.92. The van der Waals surface area contributed by atoms with E-state index in [0.717, 1.165) is 0 Å². The molecular weight excluding hydrogens is 392 g/mol. The third-order valence-corrected chi connectivity index (χ3v) is 5.93. The maximum absolute atomic E-state index is 12.9. The minimum Gasteiger partial charge on any atom is -0.485 e. The maximum atomic E-state index is 12.9. The van der Waals surface area contributed by atoms with Gasteiger partial charge < -0.3 is 14.4 Å². The monoisotopic (exact) mass is 416 g/mol. The van der Waals surface area contributed by atoms with Gasteiger partial charge in [0.1, 0.15) is 5.60 Å². The highest BCUT2D eigenvalue weighted by atomic mass is 35.5. The van der Waals surface area contributed by atoms with E-state index in [4.69, 9.17) is 21.1 Å². The number of hydrogen-bond donors (Lipinski definition) is 0. The molecule has 1 saturated heterocycles. The number of carbonyl (C=O) groups is 1. The summed E-state index contributed by atoms with van der Waals surface area (Å²) in [5, 5.41) is 0.405. The molecule has 0 saturated carbocycles. The van der Waals surface area contributed by atoms with E-state index in [2.05, 4.69) is 0 Å². The van der Waals surface area contributed by atoms with E-state index >= 15 is 0 Å². The Morgan fingerprint density at radius 2 is 1.67 bits per heavy atom. The summed E-state index contributed by atoms with van der Waals surface area (Å²) in [7, 11) is -2.49. The van der Waals surface area contributed by atoms with Gasteiger partial charge in [0.05, 0.1) is 7.11 Å². The number of piperazine rings is 1. The average molecular weight is 417 g/mol. The summed E-state index contributed by atoms with van der Waals surface area (Å²) in [6.07, 6.45) is 1.01. The lowest BCUT2D eigenvalue weighted by Gasteiger charge is -2.35. The van der Waals surface area contributed by atoms with E-state index in [9.17, 15) is 13.2 Å². The molecular formula is C18H25ClN2O5S. The highest BCUT2D eigenvalue weighted by Gasteiger charge is 2.33. The van der Waals surface area contributed by atoms with Crippen LogP contribution in [0.3, 0.4) is 0 Å². The third kappa shape index (κ3) is 5.85. The van der Waals surface area contributed by atoms with Crippen LogP contribution in [0.4, 0.5) is 4.79 Å². The SMILES string of the molecule is CO/C(=C/c1ccc(Cl)cc1)S(=O)(=O)N1CCN(C(=O)OC(C)(C)C)CC1. The summed E-state index contributed by atoms with van der Waals surface area (Å²) in [4.78, 5) is 13.6. The Hall–Kier alpha value is -1.77. The van der Waals surface area contributed by atoms with Crippen molar-refractivity contribution in [3.8, 4) is 0 Å². The van der Waals surface area contributed by atoms with E-state index in [1.165, 1.54) is 22.4 Å². The lowest BCUT2D eigenvalue weighted by molar-refractivity contribution is 0.0192. The van der Waals surface area contributed by atoms with E-state index < -0.39 is 21.7 Å². The van der Waals surface area contributed by atoms with Gasteiger partial charge in [-0.25, -0.2) is 13.2 Å². The van der Waals surface area contributed by atoms with Crippen LogP contribution in [0, 0.1) is 0 Å². The molecule has 150 valence electrons. The predicted octanol–water partition coefficient (Wildman–Crippen LogP) is 3.17. The van der Waals surface area contributed by atoms with Crippen molar-refractivity contribution in [2.45, 2.75) is 26.4 Å². The summed E-state index contributed by atoms with van der Waals surface area (Å²) in [6.45, 7) is 6.22. The molecule has 1 aromatic rings. The van der Waals surface area contributed by atoms with Gasteiger partial charge in [-0.1, -0.05) is 23.7 Å². The van der Waals surface area contributed by atoms with Crippen LogP contribution >= 0.6 is 11.6 Å². The first-order valence-electron chi connectivity index (χ1n) is 8.52. The summed E-state index contributed by atoms with van der Waals surface area (Å²) in [6, 6.07) is 6.76. The molecule has 27 heavy (non-hydrogen) atoms. The second kappa shape index (κ2) is 8.50. The quantitative estimate of drug-likeness (QED) is 0.704. The lowest BCUT2D eigenvalue weighted by atomic mass is 10.2. The molecule has 2 rings (SSSR count). The van der Waals surface area contributed by atoms with Crippen LogP contribution < -0.4 is 0 Å². The van der Waals surface area contributed by atoms with Gasteiger partial charge in [0.15, 0.2) is 0 Å². The van der Waals surface area contributed by atoms with Gasteiger partial charge >= 0.3 is 6.09 Å². The molecule has 1 heterocycles. The Kier molecular flexibility index (Phi) is 6.77. The van der Waals surface area contributed by atoms with Crippen LogP contribution in [0.5, 0.6) is 0 Å². The van der Waals surface area contributed by atoms with Gasteiger partial charge in [-0.3, -0.25) is 0 Å². The lowest BCUT2D eigenvalue weighted by Crippen LogP contribution is -2.51. The Bertz CT molecular complexity index is 792. The second-order valence-electron chi connectivity index (χ2n) is 7.09. The van der Waals surface area contributed by atoms with Crippen molar-refractivity contribution in [2.75, 3.05) is 33.3 Å². The molecule has 0 spiro atoms. The molecule has 0 bridgehead atoms. The fourth-order valence-corrected chi connectivity index (χ4v) is 4.02. The van der Waals surface area contributed by atoms with Gasteiger partial charge in [-0.05, 0) is 38.5 Å². The van der Waals surface area contributed by atoms with Gasteiger partial charge in [-0.15, -0.1) is 0 Å². The fourth-order valence-electron chi connectivity index (χ4n) is 2.50. The number of amides is 1. The number of sulfonamides is 1. The minimum absolute atomic E-state index is 0.157. The molecule has 1 aliphatic rings. The van der Waals surface area contributed by atoms with E-state index in [-0.39, 0.29) is 31.3 Å². The van der Waals surface area contributed by atoms with Gasteiger partial charge in [0.25, 0.3) is 10.0 Å². The number of hydrogen-bond acceptors (Lipinski definition) is 5. The zero-order chi connectivity index (χ0) is 20.2. The molecule has 0 unspecified atom stereocenters. The molecule has 9 heteroatoms. The zero-order valence-electron chi connectivity index (χ0n) is 15.9. The first kappa shape index (κ1) is 21.5. The van der Waals surface area contributed by atoms with Gasteiger partial charge in [0, 0.05) is 37.3 Å². The number of methoxy groups -OCH3 is 1. The molecule has 1 aromatic carbocycles. The zero-order valence-corrected chi connectivity index (χ0v) is 17.5. The van der Waals surface area contributed by atoms with Crippen molar-refractivity contribution >= 4 is 33.8 Å². The molecule has 0 aliphatic carbocycles. The number of benzene rings is 1. The number of ether oxygens (including phenoxy) is 2. The topological polar surface area (TPSA) is 76.2 Å². The number of carbonyl (C=O) groups excluding carboxylic acids is 1. The van der Waals surface area contributed by atoms with Crippen molar-refractivity contribution in [2.24, 2.45) is 0 Å². The molecule has 0 radical (unpaired) electrons. The van der Waals surface area contributed by atoms with E-state index in [1.807, 2.05) is 0 Å². The van der Waals surface area contributed by atoms with Crippen LogP contribution in [0.1, 0.15) is 26.3 Å². The number of nitrogens with zero attached hydrogens (tertiary/aromatic N) is 2. The van der Waals surface area contributed by atoms with Gasteiger partial charge in [-0.2, -0.15) is 4.31 Å². The van der Waals surface area contributed by atoms with Crippen molar-refractivity contribution in [3.63, 3.8) is 0 Å². The molecule has 0 atom stereocenters. The van der Waals surface area contributed by atoms with Crippen LogP contribution in [0.25, 0.3) is 6.08 Å². The standard InChI is InChI=1S/C18H25ClN2O5S/c1-18(2,3)26-17(22)20-9-11-21(12-10-20)27(23,24)16(25-4)13-14-5-7-15(19)8-6-14/h5-8,13H,9-12H2,1-4H3/b16-13-. The van der Waals surface area contributed by atoms with Crippen molar-refractivity contribution in [1.29, 1.82) is 0 Å². The smallest absolute Gasteiger partial charge is 0.410 e. The Labute approximate surface area is 165 Å². The molecule has 0 N–H and O–H groups in total. The van der Waals surface area contributed by atoms with E-state index in [0.29, 0.717) is 10.6 Å². The number of rotatable bonds is 4. The molecule has 7 nitrogen and oxygen atoms in total. The number of halogens is 1. The first-order chi connectivity index (χ1) is 12.5. The summed E-state index contributed by atoms with van der Waals surface area (Å²) in [5.74, 6) is 0. The molecule has 1 aliphatic heterocycles. The van der Waals surface area contributed by atoms with Crippen molar-refractivity contribution < 1.29 is 22.7 Å². The normalized spacial score (nSPS) is 16.9. The molecule has 1 fully saturated rings. The van der Waals surface area contributed by atoms with Crippen LogP contribution in [-0.2, 0) is 19.5 Å². The van der Waals surface area contributed by atoms with Crippen molar-refractivity contribution in [1.82, 2.24) is 9.21 Å². The minimum atomic E-state index is -3.81. The van der Waals surface area contributed by atoms with Crippen LogP contribution in [0.2, 0.25) is 5.02 Å². The second-order valence-corrected chi connectivity index (χ2v) is 9.40. The van der Waals surface area contributed by atoms with Gasteiger partial charge in [0.2, 0.25) is 5.09 Å². The third-order valence-electron chi connectivity index (χ3n) is 3.84. The van der Waals surface area contributed by atoms with Crippen LogP contribution in [0.15, 0.2) is 29.4 Å². The largest absolute Gasteiger partial charge is 0.485 e. The Morgan fingerprint density at radius 3 is 2.15 bits per heavy atom. The summed E-state index contributed by atoms with van der Waals surface area (Å²) >= 11 is 5.85. The molecule has 0 aromatic heterocycles. The highest BCUT2D eigenvalue weighted by Crippen LogP contribution is 2.21. The Balaban J connectivity index is 2.08. The summed E-state index contributed by atoms with van der Waals surface area (Å²) < 4.78 is 37.5. The maximum Gasteiger partial charge on any atom is 0.410 e. The average Bonchev–Trinajstić information content (AvgIpc) is 2.59. The van der Waals surface area contributed by atoms with E-state index in [1.54, 1.807) is 45.0 Å².